The van der Waals surface area contributed by atoms with Crippen LogP contribution in [0.2, 0.25) is 10.0 Å². The molecular formula is C24H31Cl2N3O5S. The fourth-order valence-corrected chi connectivity index (χ4v) is 4.99. The SMILES string of the molecule is CCNC(=O)C(C)N(Cc1ccc(Cl)cc1Cl)C(=O)CCCN(c1ccccc1OC)S(C)(=O)=O. The van der Waals surface area contributed by atoms with E-state index in [1.807, 2.05) is 0 Å². The first-order chi connectivity index (χ1) is 16.5. The first-order valence-corrected chi connectivity index (χ1v) is 13.7. The number of hydrogen-bond acceptors (Lipinski definition) is 5. The summed E-state index contributed by atoms with van der Waals surface area (Å²) in [5.41, 5.74) is 1.04. The topological polar surface area (TPSA) is 96.0 Å². The number of benzene rings is 2. The number of likely N-dealkylation sites (N-methyl/N-ethyl adjacent to an activating group) is 1. The number of sulfonamides is 1. The standard InChI is InChI=1S/C24H31Cl2N3O5S/c1-5-27-24(31)17(2)28(16-18-12-13-19(25)15-20(18)26)23(30)11-8-14-29(35(4,32)33)21-9-6-7-10-22(21)34-3/h6-7,9-10,12-13,15,17H,5,8,11,14,16H2,1-4H3,(H,27,31). The molecule has 11 heteroatoms. The molecule has 0 heterocycles. The number of para-hydroxylation sites is 2. The fourth-order valence-electron chi connectivity index (χ4n) is 3.56. The third-order valence-electron chi connectivity index (χ3n) is 5.38. The molecule has 0 aliphatic heterocycles. The molecule has 0 fully saturated rings. The summed E-state index contributed by atoms with van der Waals surface area (Å²) in [5, 5.41) is 3.58. The molecule has 2 rings (SSSR count). The van der Waals surface area contributed by atoms with Crippen molar-refractivity contribution in [1.82, 2.24) is 10.2 Å². The Balaban J connectivity index is 2.22. The number of amides is 2. The molecule has 2 aromatic rings. The maximum Gasteiger partial charge on any atom is 0.242 e. The number of anilines is 1. The monoisotopic (exact) mass is 543 g/mol. The minimum absolute atomic E-state index is 0.0239. The van der Waals surface area contributed by atoms with Gasteiger partial charge in [-0.3, -0.25) is 13.9 Å². The lowest BCUT2D eigenvalue weighted by Gasteiger charge is -2.29. The molecule has 0 saturated heterocycles. The highest BCUT2D eigenvalue weighted by Crippen LogP contribution is 2.30. The van der Waals surface area contributed by atoms with Crippen molar-refractivity contribution < 1.29 is 22.7 Å². The van der Waals surface area contributed by atoms with Gasteiger partial charge in [-0.1, -0.05) is 41.4 Å². The number of ether oxygens (including phenoxy) is 1. The molecule has 0 radical (unpaired) electrons. The van der Waals surface area contributed by atoms with E-state index in [4.69, 9.17) is 27.9 Å². The Morgan fingerprint density at radius 1 is 1.14 bits per heavy atom. The summed E-state index contributed by atoms with van der Waals surface area (Å²) >= 11 is 12.3. The van der Waals surface area contributed by atoms with Crippen LogP contribution in [0.15, 0.2) is 42.5 Å². The zero-order valence-electron chi connectivity index (χ0n) is 20.3. The first-order valence-electron chi connectivity index (χ1n) is 11.1. The normalized spacial score (nSPS) is 12.1. The summed E-state index contributed by atoms with van der Waals surface area (Å²) in [6.07, 6.45) is 1.36. The highest BCUT2D eigenvalue weighted by atomic mass is 35.5. The molecule has 8 nitrogen and oxygen atoms in total. The Hall–Kier alpha value is -2.49. The van der Waals surface area contributed by atoms with Crippen molar-refractivity contribution in [2.24, 2.45) is 0 Å². The Morgan fingerprint density at radius 3 is 2.43 bits per heavy atom. The van der Waals surface area contributed by atoms with Crippen LogP contribution in [0.1, 0.15) is 32.3 Å². The van der Waals surface area contributed by atoms with Gasteiger partial charge in [-0.2, -0.15) is 0 Å². The van der Waals surface area contributed by atoms with E-state index in [0.29, 0.717) is 33.6 Å². The number of methoxy groups -OCH3 is 1. The van der Waals surface area contributed by atoms with Crippen LogP contribution in [-0.2, 0) is 26.2 Å². The third kappa shape index (κ3) is 8.02. The zero-order valence-corrected chi connectivity index (χ0v) is 22.6. The van der Waals surface area contributed by atoms with E-state index < -0.39 is 16.1 Å². The summed E-state index contributed by atoms with van der Waals surface area (Å²) in [4.78, 5) is 27.2. The summed E-state index contributed by atoms with van der Waals surface area (Å²) in [6, 6.07) is 11.0. The Kier molecular flexibility index (Phi) is 10.7. The molecule has 0 saturated carbocycles. The minimum atomic E-state index is -3.63. The lowest BCUT2D eigenvalue weighted by molar-refractivity contribution is -0.140. The molecule has 192 valence electrons. The average Bonchev–Trinajstić information content (AvgIpc) is 2.80. The van der Waals surface area contributed by atoms with E-state index in [0.717, 1.165) is 6.26 Å². The molecule has 1 N–H and O–H groups in total. The molecule has 0 aliphatic carbocycles. The molecule has 0 aliphatic rings. The van der Waals surface area contributed by atoms with Crippen molar-refractivity contribution in [2.45, 2.75) is 39.3 Å². The molecule has 0 spiro atoms. The van der Waals surface area contributed by atoms with E-state index in [1.54, 1.807) is 56.3 Å². The van der Waals surface area contributed by atoms with Crippen LogP contribution in [0.4, 0.5) is 5.69 Å². The maximum atomic E-state index is 13.3. The van der Waals surface area contributed by atoms with Crippen molar-refractivity contribution in [3.05, 3.63) is 58.1 Å². The molecule has 1 atom stereocenters. The lowest BCUT2D eigenvalue weighted by atomic mass is 10.1. The van der Waals surface area contributed by atoms with Crippen molar-refractivity contribution >= 4 is 50.7 Å². The van der Waals surface area contributed by atoms with Crippen molar-refractivity contribution in [2.75, 3.05) is 30.8 Å². The highest BCUT2D eigenvalue weighted by molar-refractivity contribution is 7.92. The van der Waals surface area contributed by atoms with Crippen molar-refractivity contribution in [1.29, 1.82) is 0 Å². The van der Waals surface area contributed by atoms with Gasteiger partial charge in [0.2, 0.25) is 21.8 Å². The van der Waals surface area contributed by atoms with E-state index in [2.05, 4.69) is 5.32 Å². The van der Waals surface area contributed by atoms with Gasteiger partial charge < -0.3 is 15.0 Å². The first kappa shape index (κ1) is 28.7. The summed E-state index contributed by atoms with van der Waals surface area (Å²) in [7, 11) is -2.17. The number of carbonyl (C=O) groups is 2. The Morgan fingerprint density at radius 2 is 1.83 bits per heavy atom. The van der Waals surface area contributed by atoms with Crippen molar-refractivity contribution in [3.8, 4) is 5.75 Å². The smallest absolute Gasteiger partial charge is 0.242 e. The maximum absolute atomic E-state index is 13.3. The molecule has 0 aromatic heterocycles. The number of carbonyl (C=O) groups excluding carboxylic acids is 2. The second-order valence-corrected chi connectivity index (χ2v) is 10.7. The van der Waals surface area contributed by atoms with Crippen molar-refractivity contribution in [3.63, 3.8) is 0 Å². The van der Waals surface area contributed by atoms with Crippen LogP contribution < -0.4 is 14.4 Å². The largest absolute Gasteiger partial charge is 0.495 e. The fraction of sp³-hybridized carbons (Fsp3) is 0.417. The lowest BCUT2D eigenvalue weighted by Crippen LogP contribution is -2.47. The summed E-state index contributed by atoms with van der Waals surface area (Å²) in [6.45, 7) is 4.04. The quantitative estimate of drug-likeness (QED) is 0.434. The second kappa shape index (κ2) is 13.0. The van der Waals surface area contributed by atoms with E-state index >= 15 is 0 Å². The number of nitrogens with one attached hydrogen (secondary N) is 1. The average molecular weight is 545 g/mol. The van der Waals surface area contributed by atoms with E-state index in [1.165, 1.54) is 16.3 Å². The van der Waals surface area contributed by atoms with Crippen LogP contribution in [0.25, 0.3) is 0 Å². The highest BCUT2D eigenvalue weighted by Gasteiger charge is 2.27. The zero-order chi connectivity index (χ0) is 26.2. The minimum Gasteiger partial charge on any atom is -0.495 e. The van der Waals surface area contributed by atoms with Gasteiger partial charge in [0, 0.05) is 36.1 Å². The Labute approximate surface area is 217 Å². The summed E-state index contributed by atoms with van der Waals surface area (Å²) < 4.78 is 31.5. The van der Waals surface area contributed by atoms with Gasteiger partial charge in [-0.25, -0.2) is 8.42 Å². The predicted octanol–water partition coefficient (Wildman–Crippen LogP) is 4.10. The van der Waals surface area contributed by atoms with Crippen LogP contribution in [0.3, 0.4) is 0 Å². The third-order valence-corrected chi connectivity index (χ3v) is 7.15. The summed E-state index contributed by atoms with van der Waals surface area (Å²) in [5.74, 6) is -0.186. The number of hydrogen-bond donors (Lipinski definition) is 1. The van der Waals surface area contributed by atoms with E-state index in [9.17, 15) is 18.0 Å². The van der Waals surface area contributed by atoms with Crippen LogP contribution >= 0.6 is 23.2 Å². The van der Waals surface area contributed by atoms with E-state index in [-0.39, 0.29) is 37.7 Å². The molecule has 35 heavy (non-hydrogen) atoms. The number of halogens is 2. The molecule has 0 bridgehead atoms. The molecular weight excluding hydrogens is 513 g/mol. The van der Waals surface area contributed by atoms with Crippen LogP contribution in [0, 0.1) is 0 Å². The molecule has 2 aromatic carbocycles. The number of rotatable bonds is 12. The van der Waals surface area contributed by atoms with Gasteiger partial charge in [0.05, 0.1) is 19.1 Å². The molecule has 2 amide bonds. The van der Waals surface area contributed by atoms with Crippen LogP contribution in [-0.4, -0.2) is 57.6 Å². The number of nitrogens with zero attached hydrogens (tertiary/aromatic N) is 2. The molecule has 1 unspecified atom stereocenters. The predicted molar refractivity (Wildman–Crippen MR) is 140 cm³/mol. The van der Waals surface area contributed by atoms with Gasteiger partial charge in [0.25, 0.3) is 0 Å². The Bertz CT molecular complexity index is 1140. The van der Waals surface area contributed by atoms with Gasteiger partial charge in [-0.15, -0.1) is 0 Å². The van der Waals surface area contributed by atoms with Gasteiger partial charge in [0.1, 0.15) is 11.8 Å². The van der Waals surface area contributed by atoms with Gasteiger partial charge in [-0.05, 0) is 50.1 Å². The second-order valence-electron chi connectivity index (χ2n) is 7.94. The van der Waals surface area contributed by atoms with Gasteiger partial charge in [0.15, 0.2) is 0 Å². The van der Waals surface area contributed by atoms with Gasteiger partial charge >= 0.3 is 0 Å². The van der Waals surface area contributed by atoms with Crippen LogP contribution in [0.5, 0.6) is 5.75 Å².